The number of nitrogens with zero attached hydrogens (tertiary/aromatic N) is 1. The highest BCUT2D eigenvalue weighted by atomic mass is 32.2. The van der Waals surface area contributed by atoms with Crippen molar-refractivity contribution in [2.75, 3.05) is 31.9 Å². The summed E-state index contributed by atoms with van der Waals surface area (Å²) in [6, 6.07) is 0. The lowest BCUT2D eigenvalue weighted by atomic mass is 9.95. The van der Waals surface area contributed by atoms with Crippen molar-refractivity contribution in [2.24, 2.45) is 5.92 Å². The van der Waals surface area contributed by atoms with Crippen molar-refractivity contribution in [2.45, 2.75) is 38.9 Å². The van der Waals surface area contributed by atoms with E-state index < -0.39 is 0 Å². The van der Waals surface area contributed by atoms with Crippen LogP contribution in [0.4, 0.5) is 0 Å². The molecular formula is C13H26N2OS. The summed E-state index contributed by atoms with van der Waals surface area (Å²) in [6.45, 7) is 10.3. The minimum atomic E-state index is 0.292. The normalized spacial score (nSPS) is 19.0. The third-order valence-corrected chi connectivity index (χ3v) is 4.96. The Bertz CT molecular complexity index is 225. The second kappa shape index (κ2) is 7.98. The van der Waals surface area contributed by atoms with Crippen molar-refractivity contribution in [1.29, 1.82) is 0 Å². The molecule has 1 aliphatic heterocycles. The highest BCUT2D eigenvalue weighted by molar-refractivity contribution is 8.00. The van der Waals surface area contributed by atoms with Crippen molar-refractivity contribution in [1.82, 2.24) is 10.2 Å². The zero-order chi connectivity index (χ0) is 12.7. The third-order valence-electron chi connectivity index (χ3n) is 3.63. The van der Waals surface area contributed by atoms with Crippen LogP contribution in [0.5, 0.6) is 0 Å². The van der Waals surface area contributed by atoms with Gasteiger partial charge < -0.3 is 10.2 Å². The van der Waals surface area contributed by atoms with Crippen molar-refractivity contribution in [3.63, 3.8) is 0 Å². The van der Waals surface area contributed by atoms with Crippen LogP contribution in [0, 0.1) is 5.92 Å². The van der Waals surface area contributed by atoms with E-state index in [1.165, 1.54) is 12.8 Å². The number of carbonyl (C=O) groups excluding carboxylic acids is 1. The summed E-state index contributed by atoms with van der Waals surface area (Å²) in [5, 5.41) is 3.99. The summed E-state index contributed by atoms with van der Waals surface area (Å²) < 4.78 is 0. The van der Waals surface area contributed by atoms with Crippen LogP contribution in [0.15, 0.2) is 0 Å². The molecule has 0 aliphatic carbocycles. The first-order valence-corrected chi connectivity index (χ1v) is 7.84. The molecule has 17 heavy (non-hydrogen) atoms. The van der Waals surface area contributed by atoms with Gasteiger partial charge in [0.25, 0.3) is 0 Å². The van der Waals surface area contributed by atoms with Crippen LogP contribution in [0.3, 0.4) is 0 Å². The molecule has 1 rings (SSSR count). The number of hydrogen-bond donors (Lipinski definition) is 1. The van der Waals surface area contributed by atoms with Gasteiger partial charge in [-0.3, -0.25) is 4.79 Å². The van der Waals surface area contributed by atoms with E-state index in [0.717, 1.165) is 32.1 Å². The Kier molecular flexibility index (Phi) is 6.97. The molecule has 1 heterocycles. The topological polar surface area (TPSA) is 32.3 Å². The molecule has 1 amide bonds. The maximum atomic E-state index is 11.9. The average Bonchev–Trinajstić information content (AvgIpc) is 2.38. The highest BCUT2D eigenvalue weighted by Crippen LogP contribution is 2.26. The molecule has 100 valence electrons. The van der Waals surface area contributed by atoms with Crippen LogP contribution in [-0.4, -0.2) is 48.0 Å². The first-order chi connectivity index (χ1) is 8.19. The Morgan fingerprint density at radius 1 is 1.35 bits per heavy atom. The zero-order valence-electron chi connectivity index (χ0n) is 11.4. The van der Waals surface area contributed by atoms with Crippen LogP contribution < -0.4 is 5.32 Å². The van der Waals surface area contributed by atoms with Crippen LogP contribution in [0.2, 0.25) is 0 Å². The van der Waals surface area contributed by atoms with Gasteiger partial charge in [-0.25, -0.2) is 0 Å². The Hall–Kier alpha value is -0.220. The van der Waals surface area contributed by atoms with Gasteiger partial charge in [-0.1, -0.05) is 6.92 Å². The van der Waals surface area contributed by atoms with Crippen LogP contribution >= 0.6 is 11.8 Å². The summed E-state index contributed by atoms with van der Waals surface area (Å²) >= 11 is 1.83. The number of rotatable bonds is 6. The SMILES string of the molecule is CCN(CC)C(=O)CSC(C)C1CCNCC1. The largest absolute Gasteiger partial charge is 0.343 e. The smallest absolute Gasteiger partial charge is 0.232 e. The number of piperidine rings is 1. The van der Waals surface area contributed by atoms with Gasteiger partial charge >= 0.3 is 0 Å². The minimum Gasteiger partial charge on any atom is -0.343 e. The van der Waals surface area contributed by atoms with E-state index in [9.17, 15) is 4.79 Å². The van der Waals surface area contributed by atoms with Gasteiger partial charge in [-0.15, -0.1) is 11.8 Å². The molecule has 0 radical (unpaired) electrons. The summed E-state index contributed by atoms with van der Waals surface area (Å²) in [4.78, 5) is 13.8. The van der Waals surface area contributed by atoms with E-state index in [4.69, 9.17) is 0 Å². The summed E-state index contributed by atoms with van der Waals surface area (Å²) in [5.41, 5.74) is 0. The van der Waals surface area contributed by atoms with Gasteiger partial charge in [0.05, 0.1) is 5.75 Å². The van der Waals surface area contributed by atoms with Gasteiger partial charge in [-0.05, 0) is 45.7 Å². The molecule has 1 unspecified atom stereocenters. The number of carbonyl (C=O) groups is 1. The maximum Gasteiger partial charge on any atom is 0.232 e. The molecule has 3 nitrogen and oxygen atoms in total. The molecule has 0 aromatic carbocycles. The molecule has 4 heteroatoms. The van der Waals surface area contributed by atoms with E-state index in [1.54, 1.807) is 0 Å². The van der Waals surface area contributed by atoms with Gasteiger partial charge in [-0.2, -0.15) is 0 Å². The molecule has 0 spiro atoms. The lowest BCUT2D eigenvalue weighted by Gasteiger charge is -2.28. The number of nitrogens with one attached hydrogen (secondary N) is 1. The predicted octanol–water partition coefficient (Wildman–Crippen LogP) is 1.98. The van der Waals surface area contributed by atoms with Crippen molar-refractivity contribution in [3.05, 3.63) is 0 Å². The van der Waals surface area contributed by atoms with Crippen molar-refractivity contribution < 1.29 is 4.79 Å². The first kappa shape index (κ1) is 14.8. The van der Waals surface area contributed by atoms with Gasteiger partial charge in [0.15, 0.2) is 0 Å². The zero-order valence-corrected chi connectivity index (χ0v) is 12.2. The molecule has 0 bridgehead atoms. The molecule has 0 aromatic rings. The molecule has 1 aliphatic rings. The molecule has 1 atom stereocenters. The Morgan fingerprint density at radius 3 is 2.47 bits per heavy atom. The minimum absolute atomic E-state index is 0.292. The van der Waals surface area contributed by atoms with E-state index in [2.05, 4.69) is 12.2 Å². The Balaban J connectivity index is 2.26. The summed E-state index contributed by atoms with van der Waals surface area (Å²) in [6.07, 6.45) is 2.52. The van der Waals surface area contributed by atoms with Crippen LogP contribution in [0.25, 0.3) is 0 Å². The molecule has 1 fully saturated rings. The predicted molar refractivity (Wildman–Crippen MR) is 75.4 cm³/mol. The quantitative estimate of drug-likeness (QED) is 0.790. The van der Waals surface area contributed by atoms with Gasteiger partial charge in [0, 0.05) is 18.3 Å². The number of hydrogen-bond acceptors (Lipinski definition) is 3. The third kappa shape index (κ3) is 4.88. The summed E-state index contributed by atoms with van der Waals surface area (Å²) in [5.74, 6) is 1.72. The van der Waals surface area contributed by atoms with Crippen molar-refractivity contribution >= 4 is 17.7 Å². The number of amides is 1. The summed E-state index contributed by atoms with van der Waals surface area (Å²) in [7, 11) is 0. The second-order valence-electron chi connectivity index (χ2n) is 4.67. The standard InChI is InChI=1S/C13H26N2OS/c1-4-15(5-2)13(16)10-17-11(3)12-6-8-14-9-7-12/h11-12,14H,4-10H2,1-3H3. The first-order valence-electron chi connectivity index (χ1n) is 6.79. The molecule has 1 saturated heterocycles. The number of thioether (sulfide) groups is 1. The van der Waals surface area contributed by atoms with Crippen LogP contribution in [-0.2, 0) is 4.79 Å². The lowest BCUT2D eigenvalue weighted by Crippen LogP contribution is -2.34. The second-order valence-corrected chi connectivity index (χ2v) is 6.04. The molecular weight excluding hydrogens is 232 g/mol. The maximum absolute atomic E-state index is 11.9. The Morgan fingerprint density at radius 2 is 1.94 bits per heavy atom. The van der Waals surface area contributed by atoms with E-state index in [0.29, 0.717) is 16.9 Å². The van der Waals surface area contributed by atoms with E-state index >= 15 is 0 Å². The van der Waals surface area contributed by atoms with Crippen molar-refractivity contribution in [3.8, 4) is 0 Å². The fraction of sp³-hybridized carbons (Fsp3) is 0.923. The average molecular weight is 258 g/mol. The molecule has 1 N–H and O–H groups in total. The van der Waals surface area contributed by atoms with Gasteiger partial charge in [0.2, 0.25) is 5.91 Å². The highest BCUT2D eigenvalue weighted by Gasteiger charge is 2.21. The fourth-order valence-corrected chi connectivity index (χ4v) is 3.45. The molecule has 0 saturated carbocycles. The monoisotopic (exact) mass is 258 g/mol. The van der Waals surface area contributed by atoms with E-state index in [1.807, 2.05) is 30.5 Å². The molecule has 0 aromatic heterocycles. The van der Waals surface area contributed by atoms with Gasteiger partial charge in [0.1, 0.15) is 0 Å². The lowest BCUT2D eigenvalue weighted by molar-refractivity contribution is -0.127. The van der Waals surface area contributed by atoms with Crippen LogP contribution in [0.1, 0.15) is 33.6 Å². The van der Waals surface area contributed by atoms with E-state index in [-0.39, 0.29) is 0 Å². The Labute approximate surface area is 110 Å². The fourth-order valence-electron chi connectivity index (χ4n) is 2.32.